The Morgan fingerprint density at radius 1 is 1.22 bits per heavy atom. The molecule has 0 radical (unpaired) electrons. The summed E-state index contributed by atoms with van der Waals surface area (Å²) in [6, 6.07) is 8.61. The van der Waals surface area contributed by atoms with Gasteiger partial charge in [0.25, 0.3) is 0 Å². The molecule has 9 heteroatoms. The SMILES string of the molecule is COc1ccc(Nc2nc(-c3cccs3)nc3c(C)nn(C)c23)cc1F.Cl. The first-order valence-electron chi connectivity index (χ1n) is 7.92. The van der Waals surface area contributed by atoms with Crippen LogP contribution in [0.15, 0.2) is 35.7 Å². The van der Waals surface area contributed by atoms with E-state index in [1.54, 1.807) is 28.2 Å². The number of hydrogen-bond acceptors (Lipinski definition) is 6. The summed E-state index contributed by atoms with van der Waals surface area (Å²) in [4.78, 5) is 10.3. The molecule has 4 rings (SSSR count). The fourth-order valence-electron chi connectivity index (χ4n) is 2.82. The summed E-state index contributed by atoms with van der Waals surface area (Å²) >= 11 is 1.56. The Kier molecular flexibility index (Phi) is 5.29. The zero-order valence-electron chi connectivity index (χ0n) is 14.9. The van der Waals surface area contributed by atoms with Gasteiger partial charge in [0, 0.05) is 18.8 Å². The number of fused-ring (bicyclic) bond motifs is 1. The van der Waals surface area contributed by atoms with Crippen LogP contribution in [-0.4, -0.2) is 26.9 Å². The van der Waals surface area contributed by atoms with Gasteiger partial charge in [-0.3, -0.25) is 4.68 Å². The van der Waals surface area contributed by atoms with Gasteiger partial charge in [-0.25, -0.2) is 14.4 Å². The number of hydrogen-bond donors (Lipinski definition) is 1. The van der Waals surface area contributed by atoms with Crippen LogP contribution in [0.25, 0.3) is 21.7 Å². The third kappa shape index (κ3) is 3.45. The van der Waals surface area contributed by atoms with E-state index < -0.39 is 5.82 Å². The second-order valence-corrected chi connectivity index (χ2v) is 6.70. The number of methoxy groups -OCH3 is 1. The number of ether oxygens (including phenoxy) is 1. The number of anilines is 2. The highest BCUT2D eigenvalue weighted by molar-refractivity contribution is 7.13. The standard InChI is InChI=1S/C18H16FN5OS.ClH/c1-10-15-16(24(2)23-10)18(22-17(21-15)14-5-4-8-26-14)20-11-6-7-13(25-3)12(19)9-11;/h4-9H,1-3H3,(H,20,21,22);1H. The van der Waals surface area contributed by atoms with Gasteiger partial charge in [-0.2, -0.15) is 5.10 Å². The van der Waals surface area contributed by atoms with Crippen LogP contribution in [0.1, 0.15) is 5.69 Å². The van der Waals surface area contributed by atoms with Gasteiger partial charge in [0.2, 0.25) is 0 Å². The highest BCUT2D eigenvalue weighted by Gasteiger charge is 2.17. The first-order valence-corrected chi connectivity index (χ1v) is 8.80. The van der Waals surface area contributed by atoms with E-state index in [9.17, 15) is 4.39 Å². The normalized spacial score (nSPS) is 10.7. The minimum atomic E-state index is -0.442. The van der Waals surface area contributed by atoms with E-state index in [1.807, 2.05) is 31.5 Å². The number of rotatable bonds is 4. The van der Waals surface area contributed by atoms with Crippen LogP contribution in [0, 0.1) is 12.7 Å². The molecule has 0 atom stereocenters. The lowest BCUT2D eigenvalue weighted by Gasteiger charge is -2.10. The van der Waals surface area contributed by atoms with Crippen molar-refractivity contribution in [2.75, 3.05) is 12.4 Å². The smallest absolute Gasteiger partial charge is 0.172 e. The van der Waals surface area contributed by atoms with Crippen molar-refractivity contribution < 1.29 is 9.13 Å². The predicted octanol–water partition coefficient (Wildman–Crippen LogP) is 4.71. The zero-order valence-corrected chi connectivity index (χ0v) is 16.5. The second-order valence-electron chi connectivity index (χ2n) is 5.75. The molecule has 3 aromatic heterocycles. The molecule has 4 aromatic rings. The van der Waals surface area contributed by atoms with Crippen molar-refractivity contribution in [3.8, 4) is 16.5 Å². The van der Waals surface area contributed by atoms with E-state index in [1.165, 1.54) is 13.2 Å². The summed E-state index contributed by atoms with van der Waals surface area (Å²) in [5, 5.41) is 9.61. The molecule has 1 N–H and O–H groups in total. The van der Waals surface area contributed by atoms with Gasteiger partial charge >= 0.3 is 0 Å². The Bertz CT molecular complexity index is 1100. The Balaban J connectivity index is 0.00000210. The highest BCUT2D eigenvalue weighted by atomic mass is 35.5. The van der Waals surface area contributed by atoms with Gasteiger partial charge in [-0.05, 0) is 30.5 Å². The molecule has 3 heterocycles. The zero-order chi connectivity index (χ0) is 18.3. The Morgan fingerprint density at radius 3 is 2.70 bits per heavy atom. The van der Waals surface area contributed by atoms with Crippen LogP contribution in [0.5, 0.6) is 5.75 Å². The molecule has 0 aliphatic heterocycles. The number of nitrogens with zero attached hydrogens (tertiary/aromatic N) is 4. The maximum atomic E-state index is 14.0. The quantitative estimate of drug-likeness (QED) is 0.532. The Labute approximate surface area is 165 Å². The van der Waals surface area contributed by atoms with E-state index in [0.29, 0.717) is 17.3 Å². The van der Waals surface area contributed by atoms with Crippen LogP contribution in [-0.2, 0) is 7.05 Å². The Hall–Kier alpha value is -2.71. The average Bonchev–Trinajstić information content (AvgIpc) is 3.24. The summed E-state index contributed by atoms with van der Waals surface area (Å²) in [5.74, 6) is 0.938. The minimum Gasteiger partial charge on any atom is -0.494 e. The van der Waals surface area contributed by atoms with Crippen LogP contribution in [0.2, 0.25) is 0 Å². The summed E-state index contributed by atoms with van der Waals surface area (Å²) in [7, 11) is 3.27. The predicted molar refractivity (Wildman–Crippen MR) is 108 cm³/mol. The van der Waals surface area contributed by atoms with Gasteiger partial charge in [-0.1, -0.05) is 6.07 Å². The van der Waals surface area contributed by atoms with E-state index in [2.05, 4.69) is 20.4 Å². The molecule has 0 spiro atoms. The van der Waals surface area contributed by atoms with Gasteiger partial charge in [-0.15, -0.1) is 23.7 Å². The largest absolute Gasteiger partial charge is 0.494 e. The molecule has 0 aliphatic rings. The first kappa shape index (κ1) is 19.1. The van der Waals surface area contributed by atoms with Crippen molar-refractivity contribution in [1.82, 2.24) is 19.7 Å². The topological polar surface area (TPSA) is 64.9 Å². The molecule has 0 saturated carbocycles. The number of nitrogens with one attached hydrogen (secondary N) is 1. The van der Waals surface area contributed by atoms with Crippen molar-refractivity contribution in [3.05, 3.63) is 47.2 Å². The molecular formula is C18H17ClFN5OS. The van der Waals surface area contributed by atoms with Crippen LogP contribution in [0.3, 0.4) is 0 Å². The Morgan fingerprint density at radius 2 is 2.04 bits per heavy atom. The number of aromatic nitrogens is 4. The van der Waals surface area contributed by atoms with Crippen molar-refractivity contribution >= 4 is 46.3 Å². The molecule has 27 heavy (non-hydrogen) atoms. The molecule has 0 bridgehead atoms. The molecule has 0 aliphatic carbocycles. The molecule has 6 nitrogen and oxygen atoms in total. The number of halogens is 2. The minimum absolute atomic E-state index is 0. The molecule has 140 valence electrons. The van der Waals surface area contributed by atoms with Gasteiger partial charge in [0.05, 0.1) is 17.7 Å². The van der Waals surface area contributed by atoms with Crippen molar-refractivity contribution in [1.29, 1.82) is 0 Å². The van der Waals surface area contributed by atoms with Crippen LogP contribution >= 0.6 is 23.7 Å². The third-order valence-corrected chi connectivity index (χ3v) is 4.87. The van der Waals surface area contributed by atoms with Crippen molar-refractivity contribution in [2.24, 2.45) is 7.05 Å². The lowest BCUT2D eigenvalue weighted by molar-refractivity contribution is 0.386. The lowest BCUT2D eigenvalue weighted by atomic mass is 10.2. The molecule has 0 saturated heterocycles. The molecular weight excluding hydrogens is 389 g/mol. The van der Waals surface area contributed by atoms with E-state index >= 15 is 0 Å². The lowest BCUT2D eigenvalue weighted by Crippen LogP contribution is -2.02. The molecule has 0 unspecified atom stereocenters. The average molecular weight is 406 g/mol. The third-order valence-electron chi connectivity index (χ3n) is 4.01. The van der Waals surface area contributed by atoms with E-state index in [4.69, 9.17) is 4.74 Å². The monoisotopic (exact) mass is 405 g/mol. The first-order chi connectivity index (χ1) is 12.6. The van der Waals surface area contributed by atoms with Gasteiger partial charge in [0.15, 0.2) is 23.2 Å². The molecule has 0 fully saturated rings. The van der Waals surface area contributed by atoms with E-state index in [-0.39, 0.29) is 18.2 Å². The van der Waals surface area contributed by atoms with Crippen molar-refractivity contribution in [2.45, 2.75) is 6.92 Å². The van der Waals surface area contributed by atoms with Crippen molar-refractivity contribution in [3.63, 3.8) is 0 Å². The fraction of sp³-hybridized carbons (Fsp3) is 0.167. The maximum absolute atomic E-state index is 14.0. The summed E-state index contributed by atoms with van der Waals surface area (Å²) in [6.45, 7) is 1.91. The van der Waals surface area contributed by atoms with Crippen LogP contribution in [0.4, 0.5) is 15.9 Å². The highest BCUT2D eigenvalue weighted by Crippen LogP contribution is 2.31. The number of benzene rings is 1. The van der Waals surface area contributed by atoms with E-state index in [0.717, 1.165) is 21.6 Å². The van der Waals surface area contributed by atoms with Crippen LogP contribution < -0.4 is 10.1 Å². The summed E-state index contributed by atoms with van der Waals surface area (Å²) < 4.78 is 20.7. The fourth-order valence-corrected chi connectivity index (χ4v) is 3.48. The number of thiophene rings is 1. The summed E-state index contributed by atoms with van der Waals surface area (Å²) in [6.07, 6.45) is 0. The summed E-state index contributed by atoms with van der Waals surface area (Å²) in [5.41, 5.74) is 2.91. The molecule has 0 amide bonds. The molecule has 1 aromatic carbocycles. The van der Waals surface area contributed by atoms with Gasteiger partial charge < -0.3 is 10.1 Å². The second kappa shape index (κ2) is 7.50. The maximum Gasteiger partial charge on any atom is 0.172 e. The number of aryl methyl sites for hydroxylation is 2. The van der Waals surface area contributed by atoms with Gasteiger partial charge in [0.1, 0.15) is 11.0 Å².